The van der Waals surface area contributed by atoms with Crippen molar-refractivity contribution in [2.24, 2.45) is 0 Å². The number of halogens is 2. The van der Waals surface area contributed by atoms with Gasteiger partial charge in [0.1, 0.15) is 0 Å². The number of carbonyl (C=O) groups is 1. The van der Waals surface area contributed by atoms with E-state index in [0.717, 1.165) is 27.4 Å². The van der Waals surface area contributed by atoms with E-state index in [1.807, 2.05) is 24.3 Å². The molecule has 1 saturated carbocycles. The zero-order valence-electron chi connectivity index (χ0n) is 13.0. The molecule has 0 saturated heterocycles. The van der Waals surface area contributed by atoms with Gasteiger partial charge in [0.2, 0.25) is 5.91 Å². The van der Waals surface area contributed by atoms with Crippen LogP contribution in [0.3, 0.4) is 0 Å². The number of carbonyl (C=O) groups excluding carboxylic acids is 1. The number of rotatable bonds is 5. The van der Waals surface area contributed by atoms with E-state index in [2.05, 4.69) is 68.4 Å². The molecule has 23 heavy (non-hydrogen) atoms. The molecule has 0 heterocycles. The molecule has 2 aromatic rings. The molecule has 0 bridgehead atoms. The largest absolute Gasteiger partial charge is 0.352 e. The molecular weight excluding hydrogens is 418 g/mol. The van der Waals surface area contributed by atoms with Gasteiger partial charge in [-0.2, -0.15) is 0 Å². The molecule has 0 spiro atoms. The molecule has 3 rings (SSSR count). The Morgan fingerprint density at radius 1 is 1.04 bits per heavy atom. The van der Waals surface area contributed by atoms with Crippen LogP contribution in [-0.2, 0) is 16.6 Å². The summed E-state index contributed by atoms with van der Waals surface area (Å²) < 4.78 is 2.12. The summed E-state index contributed by atoms with van der Waals surface area (Å²) >= 11 is 6.89. The minimum Gasteiger partial charge on any atom is -0.352 e. The maximum absolute atomic E-state index is 12.3. The smallest absolute Gasteiger partial charge is 0.224 e. The van der Waals surface area contributed by atoms with Crippen LogP contribution >= 0.6 is 31.9 Å². The summed E-state index contributed by atoms with van der Waals surface area (Å²) in [5.74, 6) is 0.0863. The summed E-state index contributed by atoms with van der Waals surface area (Å²) in [5.41, 5.74) is 2.46. The van der Waals surface area contributed by atoms with Gasteiger partial charge in [-0.1, -0.05) is 56.1 Å². The Balaban J connectivity index is 1.64. The third-order valence-corrected chi connectivity index (χ3v) is 5.75. The lowest BCUT2D eigenvalue weighted by atomic mass is 9.89. The molecule has 1 unspecified atom stereocenters. The van der Waals surface area contributed by atoms with Crippen LogP contribution in [0.4, 0.5) is 0 Å². The van der Waals surface area contributed by atoms with Crippen LogP contribution in [0.2, 0.25) is 0 Å². The van der Waals surface area contributed by atoms with E-state index in [4.69, 9.17) is 0 Å². The van der Waals surface area contributed by atoms with E-state index in [1.165, 1.54) is 5.56 Å². The lowest BCUT2D eigenvalue weighted by Gasteiger charge is -2.25. The predicted molar refractivity (Wildman–Crippen MR) is 101 cm³/mol. The summed E-state index contributed by atoms with van der Waals surface area (Å²) in [7, 11) is 0. The Hall–Kier alpha value is -1.13. The van der Waals surface area contributed by atoms with Gasteiger partial charge in [-0.05, 0) is 55.2 Å². The van der Waals surface area contributed by atoms with E-state index < -0.39 is 0 Å². The first-order chi connectivity index (χ1) is 11.0. The molecule has 1 N–H and O–H groups in total. The first-order valence-electron chi connectivity index (χ1n) is 7.79. The van der Waals surface area contributed by atoms with Crippen LogP contribution in [0.5, 0.6) is 0 Å². The maximum atomic E-state index is 12.3. The highest BCUT2D eigenvalue weighted by Crippen LogP contribution is 2.51. The SMILES string of the molecule is CC(NC(=O)Cc1ccc(Br)cc1)C1(c2ccc(Br)cc2)CC1. The van der Waals surface area contributed by atoms with Gasteiger partial charge in [0.15, 0.2) is 0 Å². The summed E-state index contributed by atoms with van der Waals surface area (Å²) in [5, 5.41) is 3.20. The van der Waals surface area contributed by atoms with Crippen LogP contribution in [0, 0.1) is 0 Å². The van der Waals surface area contributed by atoms with E-state index in [1.54, 1.807) is 0 Å². The average molecular weight is 437 g/mol. The van der Waals surface area contributed by atoms with Crippen LogP contribution in [0.1, 0.15) is 30.9 Å². The molecule has 4 heteroatoms. The van der Waals surface area contributed by atoms with Gasteiger partial charge in [-0.25, -0.2) is 0 Å². The van der Waals surface area contributed by atoms with Gasteiger partial charge in [0.25, 0.3) is 0 Å². The van der Waals surface area contributed by atoms with E-state index >= 15 is 0 Å². The van der Waals surface area contributed by atoms with Crippen molar-refractivity contribution < 1.29 is 4.79 Å². The van der Waals surface area contributed by atoms with Crippen molar-refractivity contribution in [2.75, 3.05) is 0 Å². The quantitative estimate of drug-likeness (QED) is 0.702. The highest BCUT2D eigenvalue weighted by atomic mass is 79.9. The van der Waals surface area contributed by atoms with Crippen molar-refractivity contribution in [1.29, 1.82) is 0 Å². The number of nitrogens with one attached hydrogen (secondary N) is 1. The minimum absolute atomic E-state index is 0.0863. The van der Waals surface area contributed by atoms with Crippen LogP contribution in [0.25, 0.3) is 0 Å². The molecule has 0 aliphatic heterocycles. The second kappa shape index (κ2) is 6.78. The molecule has 1 aliphatic rings. The fourth-order valence-corrected chi connectivity index (χ4v) is 3.64. The zero-order valence-corrected chi connectivity index (χ0v) is 16.2. The third-order valence-electron chi connectivity index (χ3n) is 4.69. The second-order valence-electron chi connectivity index (χ2n) is 6.26. The lowest BCUT2D eigenvalue weighted by Crippen LogP contribution is -2.42. The molecule has 1 aliphatic carbocycles. The molecule has 1 amide bonds. The van der Waals surface area contributed by atoms with Gasteiger partial charge >= 0.3 is 0 Å². The predicted octanol–water partition coefficient (Wildman–Crippen LogP) is 4.99. The van der Waals surface area contributed by atoms with Gasteiger partial charge in [0, 0.05) is 20.4 Å². The van der Waals surface area contributed by atoms with E-state index in [0.29, 0.717) is 6.42 Å². The van der Waals surface area contributed by atoms with E-state index in [-0.39, 0.29) is 17.4 Å². The van der Waals surface area contributed by atoms with Gasteiger partial charge < -0.3 is 5.32 Å². The average Bonchev–Trinajstić information content (AvgIpc) is 3.32. The molecule has 0 radical (unpaired) electrons. The number of benzene rings is 2. The number of hydrogen-bond acceptors (Lipinski definition) is 1. The summed E-state index contributed by atoms with van der Waals surface area (Å²) in [6, 6.07) is 16.5. The Labute approximate surface area is 153 Å². The van der Waals surface area contributed by atoms with E-state index in [9.17, 15) is 4.79 Å². The normalized spacial score (nSPS) is 16.7. The highest BCUT2D eigenvalue weighted by molar-refractivity contribution is 9.10. The molecule has 1 fully saturated rings. The third kappa shape index (κ3) is 3.86. The molecule has 2 aromatic carbocycles. The molecule has 1 atom stereocenters. The Bertz CT molecular complexity index is 690. The second-order valence-corrected chi connectivity index (χ2v) is 8.09. The summed E-state index contributed by atoms with van der Waals surface area (Å²) in [4.78, 5) is 12.3. The van der Waals surface area contributed by atoms with Gasteiger partial charge in [0.05, 0.1) is 6.42 Å². The maximum Gasteiger partial charge on any atom is 0.224 e. The number of amides is 1. The fraction of sp³-hybridized carbons (Fsp3) is 0.316. The van der Waals surface area contributed by atoms with Crippen LogP contribution in [-0.4, -0.2) is 11.9 Å². The number of hydrogen-bond donors (Lipinski definition) is 1. The summed E-state index contributed by atoms with van der Waals surface area (Å²) in [6.45, 7) is 2.12. The first kappa shape index (κ1) is 16.7. The minimum atomic E-state index is 0.0863. The molecule has 120 valence electrons. The van der Waals surface area contributed by atoms with Crippen LogP contribution < -0.4 is 5.32 Å². The van der Waals surface area contributed by atoms with Crippen molar-refractivity contribution in [3.05, 3.63) is 68.6 Å². The van der Waals surface area contributed by atoms with Crippen molar-refractivity contribution in [1.82, 2.24) is 5.32 Å². The molecular formula is C19H19Br2NO. The topological polar surface area (TPSA) is 29.1 Å². The Kier molecular flexibility index (Phi) is 4.93. The van der Waals surface area contributed by atoms with Crippen molar-refractivity contribution in [3.63, 3.8) is 0 Å². The van der Waals surface area contributed by atoms with Crippen molar-refractivity contribution >= 4 is 37.8 Å². The standard InChI is InChI=1S/C19H19Br2NO/c1-13(19(10-11-19)15-4-8-17(21)9-5-15)22-18(23)12-14-2-6-16(20)7-3-14/h2-9,13H,10-12H2,1H3,(H,22,23). The molecule has 2 nitrogen and oxygen atoms in total. The zero-order chi connectivity index (χ0) is 16.4. The van der Waals surface area contributed by atoms with Crippen molar-refractivity contribution in [3.8, 4) is 0 Å². The highest BCUT2D eigenvalue weighted by Gasteiger charge is 2.49. The van der Waals surface area contributed by atoms with Crippen LogP contribution in [0.15, 0.2) is 57.5 Å². The molecule has 0 aromatic heterocycles. The Morgan fingerprint density at radius 2 is 1.57 bits per heavy atom. The fourth-order valence-electron chi connectivity index (χ4n) is 3.11. The van der Waals surface area contributed by atoms with Gasteiger partial charge in [-0.15, -0.1) is 0 Å². The van der Waals surface area contributed by atoms with Gasteiger partial charge in [-0.3, -0.25) is 4.79 Å². The summed E-state index contributed by atoms with van der Waals surface area (Å²) in [6.07, 6.45) is 2.69. The first-order valence-corrected chi connectivity index (χ1v) is 9.38. The lowest BCUT2D eigenvalue weighted by molar-refractivity contribution is -0.121. The monoisotopic (exact) mass is 435 g/mol. The Morgan fingerprint density at radius 3 is 2.09 bits per heavy atom. The van der Waals surface area contributed by atoms with Crippen molar-refractivity contribution in [2.45, 2.75) is 37.6 Å².